The minimum atomic E-state index is -0.876. The summed E-state index contributed by atoms with van der Waals surface area (Å²) in [6.45, 7) is 0.0370. The van der Waals surface area contributed by atoms with E-state index < -0.39 is 23.7 Å². The van der Waals surface area contributed by atoms with Crippen molar-refractivity contribution in [2.24, 2.45) is 0 Å². The van der Waals surface area contributed by atoms with Gasteiger partial charge in [0.2, 0.25) is 6.10 Å². The number of carbonyl (C=O) groups is 2. The molecule has 3 rings (SSSR count). The second-order valence-electron chi connectivity index (χ2n) is 4.81. The molecule has 0 fully saturated rings. The Morgan fingerprint density at radius 3 is 2.43 bits per heavy atom. The number of amides is 2. The summed E-state index contributed by atoms with van der Waals surface area (Å²) in [5.41, 5.74) is 4.72. The molecule has 118 valence electrons. The van der Waals surface area contributed by atoms with Gasteiger partial charge in [-0.25, -0.2) is 4.39 Å². The maximum atomic E-state index is 12.8. The van der Waals surface area contributed by atoms with Gasteiger partial charge in [-0.15, -0.1) is 0 Å². The van der Waals surface area contributed by atoms with E-state index in [4.69, 9.17) is 9.47 Å². The Balaban J connectivity index is 1.56. The topological polar surface area (TPSA) is 76.7 Å². The van der Waals surface area contributed by atoms with E-state index in [1.165, 1.54) is 12.1 Å². The van der Waals surface area contributed by atoms with Gasteiger partial charge in [0.25, 0.3) is 11.8 Å². The van der Waals surface area contributed by atoms with Crippen LogP contribution in [-0.2, 0) is 4.79 Å². The van der Waals surface area contributed by atoms with Crippen molar-refractivity contribution in [2.75, 3.05) is 6.61 Å². The van der Waals surface area contributed by atoms with Gasteiger partial charge in [-0.2, -0.15) is 0 Å². The lowest BCUT2D eigenvalue weighted by molar-refractivity contribution is -0.131. The van der Waals surface area contributed by atoms with Crippen LogP contribution in [0, 0.1) is 5.82 Å². The highest BCUT2D eigenvalue weighted by molar-refractivity contribution is 5.95. The van der Waals surface area contributed by atoms with Crippen molar-refractivity contribution in [3.8, 4) is 11.5 Å². The van der Waals surface area contributed by atoms with E-state index in [9.17, 15) is 14.0 Å². The van der Waals surface area contributed by atoms with Crippen molar-refractivity contribution >= 4 is 11.8 Å². The molecule has 7 heteroatoms. The van der Waals surface area contributed by atoms with Gasteiger partial charge in [-0.05, 0) is 36.4 Å². The zero-order chi connectivity index (χ0) is 16.2. The van der Waals surface area contributed by atoms with Gasteiger partial charge in [-0.3, -0.25) is 20.4 Å². The molecule has 2 aromatic carbocycles. The van der Waals surface area contributed by atoms with Crippen LogP contribution in [0.25, 0.3) is 0 Å². The second kappa shape index (κ2) is 6.35. The summed E-state index contributed by atoms with van der Waals surface area (Å²) in [6.07, 6.45) is -0.876. The molecule has 23 heavy (non-hydrogen) atoms. The highest BCUT2D eigenvalue weighted by Gasteiger charge is 2.27. The van der Waals surface area contributed by atoms with Crippen LogP contribution in [-0.4, -0.2) is 24.5 Å². The van der Waals surface area contributed by atoms with Crippen molar-refractivity contribution in [3.63, 3.8) is 0 Å². The number of benzene rings is 2. The lowest BCUT2D eigenvalue weighted by Gasteiger charge is -2.25. The van der Waals surface area contributed by atoms with Crippen LogP contribution in [0.2, 0.25) is 0 Å². The number of rotatable bonds is 2. The van der Waals surface area contributed by atoms with Crippen LogP contribution in [0.1, 0.15) is 10.4 Å². The monoisotopic (exact) mass is 316 g/mol. The Labute approximate surface area is 131 Å². The lowest BCUT2D eigenvalue weighted by Crippen LogP contribution is -2.50. The van der Waals surface area contributed by atoms with E-state index in [1.54, 1.807) is 24.3 Å². The third-order valence-electron chi connectivity index (χ3n) is 3.21. The fourth-order valence-electron chi connectivity index (χ4n) is 2.02. The number of fused-ring (bicyclic) bond motifs is 1. The molecular formula is C16H13FN2O4. The lowest BCUT2D eigenvalue weighted by atomic mass is 10.2. The Morgan fingerprint density at radius 2 is 1.70 bits per heavy atom. The number of ether oxygens (including phenoxy) is 2. The van der Waals surface area contributed by atoms with E-state index in [2.05, 4.69) is 10.9 Å². The molecular weight excluding hydrogens is 303 g/mol. The van der Waals surface area contributed by atoms with Gasteiger partial charge in [0, 0.05) is 5.56 Å². The molecule has 2 N–H and O–H groups in total. The van der Waals surface area contributed by atoms with Crippen LogP contribution in [0.4, 0.5) is 4.39 Å². The standard InChI is InChI=1S/C16H13FN2O4/c17-11-7-5-10(6-8-11)15(20)18-19-16(21)14-9-22-12-3-1-2-4-13(12)23-14/h1-8,14H,9H2,(H,18,20)(H,19,21). The second-order valence-corrected chi connectivity index (χ2v) is 4.81. The molecule has 6 nitrogen and oxygen atoms in total. The van der Waals surface area contributed by atoms with Gasteiger partial charge >= 0.3 is 0 Å². The van der Waals surface area contributed by atoms with Crippen LogP contribution < -0.4 is 20.3 Å². The summed E-state index contributed by atoms with van der Waals surface area (Å²) >= 11 is 0. The van der Waals surface area contributed by atoms with Crippen molar-refractivity contribution < 1.29 is 23.5 Å². The summed E-state index contributed by atoms with van der Waals surface area (Å²) in [5.74, 6) is -0.530. The van der Waals surface area contributed by atoms with E-state index in [1.807, 2.05) is 0 Å². The number of nitrogens with one attached hydrogen (secondary N) is 2. The molecule has 1 aliphatic heterocycles. The first-order valence-corrected chi connectivity index (χ1v) is 6.88. The molecule has 0 spiro atoms. The van der Waals surface area contributed by atoms with E-state index in [-0.39, 0.29) is 12.2 Å². The van der Waals surface area contributed by atoms with Crippen LogP contribution >= 0.6 is 0 Å². The summed E-state index contributed by atoms with van der Waals surface area (Å²) in [5, 5.41) is 0. The van der Waals surface area contributed by atoms with Crippen molar-refractivity contribution in [1.29, 1.82) is 0 Å². The minimum Gasteiger partial charge on any atom is -0.485 e. The van der Waals surface area contributed by atoms with Gasteiger partial charge < -0.3 is 9.47 Å². The van der Waals surface area contributed by atoms with E-state index in [0.717, 1.165) is 12.1 Å². The zero-order valence-electron chi connectivity index (χ0n) is 11.9. The van der Waals surface area contributed by atoms with E-state index >= 15 is 0 Å². The molecule has 1 aliphatic rings. The Hall–Kier alpha value is -3.09. The van der Waals surface area contributed by atoms with Gasteiger partial charge in [0.1, 0.15) is 12.4 Å². The first kappa shape index (κ1) is 14.8. The third-order valence-corrected chi connectivity index (χ3v) is 3.21. The van der Waals surface area contributed by atoms with Crippen molar-refractivity contribution in [2.45, 2.75) is 6.10 Å². The smallest absolute Gasteiger partial charge is 0.283 e. The number of para-hydroxylation sites is 2. The first-order valence-electron chi connectivity index (χ1n) is 6.88. The highest BCUT2D eigenvalue weighted by atomic mass is 19.1. The molecule has 0 radical (unpaired) electrons. The zero-order valence-corrected chi connectivity index (χ0v) is 11.9. The number of carbonyl (C=O) groups excluding carboxylic acids is 2. The van der Waals surface area contributed by atoms with Crippen LogP contribution in [0.3, 0.4) is 0 Å². The summed E-state index contributed by atoms with van der Waals surface area (Å²) in [7, 11) is 0. The quantitative estimate of drug-likeness (QED) is 0.822. The maximum Gasteiger partial charge on any atom is 0.283 e. The third kappa shape index (κ3) is 3.39. The Morgan fingerprint density at radius 1 is 1.00 bits per heavy atom. The predicted octanol–water partition coefficient (Wildman–Crippen LogP) is 1.43. The maximum absolute atomic E-state index is 12.8. The molecule has 0 bridgehead atoms. The summed E-state index contributed by atoms with van der Waals surface area (Å²) in [6, 6.07) is 11.9. The fourth-order valence-corrected chi connectivity index (χ4v) is 2.02. The Kier molecular flexibility index (Phi) is 4.09. The molecule has 0 saturated carbocycles. The summed E-state index contributed by atoms with van der Waals surface area (Å²) < 4.78 is 23.7. The molecule has 2 aromatic rings. The van der Waals surface area contributed by atoms with Crippen molar-refractivity contribution in [3.05, 3.63) is 59.9 Å². The van der Waals surface area contributed by atoms with Gasteiger partial charge in [-0.1, -0.05) is 12.1 Å². The SMILES string of the molecule is O=C(NNC(=O)C1COc2ccccc2O1)c1ccc(F)cc1. The van der Waals surface area contributed by atoms with E-state index in [0.29, 0.717) is 11.5 Å². The molecule has 0 aromatic heterocycles. The minimum absolute atomic E-state index is 0.0370. The average molecular weight is 316 g/mol. The van der Waals surface area contributed by atoms with Gasteiger partial charge in [0.15, 0.2) is 11.5 Å². The number of halogens is 1. The number of hydrogen-bond acceptors (Lipinski definition) is 4. The normalized spacial score (nSPS) is 15.6. The fraction of sp³-hybridized carbons (Fsp3) is 0.125. The first-order chi connectivity index (χ1) is 11.1. The highest BCUT2D eigenvalue weighted by Crippen LogP contribution is 2.30. The molecule has 1 unspecified atom stereocenters. The van der Waals surface area contributed by atoms with Gasteiger partial charge in [0.05, 0.1) is 0 Å². The van der Waals surface area contributed by atoms with Crippen molar-refractivity contribution in [1.82, 2.24) is 10.9 Å². The molecule has 1 atom stereocenters. The number of hydrazine groups is 1. The molecule has 0 aliphatic carbocycles. The predicted molar refractivity (Wildman–Crippen MR) is 78.4 cm³/mol. The van der Waals surface area contributed by atoms with Crippen LogP contribution in [0.5, 0.6) is 11.5 Å². The largest absolute Gasteiger partial charge is 0.485 e. The number of hydrogen-bond donors (Lipinski definition) is 2. The summed E-state index contributed by atoms with van der Waals surface area (Å²) in [4.78, 5) is 23.8. The van der Waals surface area contributed by atoms with Crippen LogP contribution in [0.15, 0.2) is 48.5 Å². The molecule has 2 amide bonds. The Bertz CT molecular complexity index is 733. The molecule has 1 heterocycles. The average Bonchev–Trinajstić information content (AvgIpc) is 2.59. The molecule has 0 saturated heterocycles.